The average molecular weight is 233 g/mol. The predicted octanol–water partition coefficient (Wildman–Crippen LogP) is 1.77. The van der Waals surface area contributed by atoms with Gasteiger partial charge in [0.2, 0.25) is 5.91 Å². The van der Waals surface area contributed by atoms with Gasteiger partial charge in [-0.25, -0.2) is 4.79 Å². The first-order valence-corrected chi connectivity index (χ1v) is 5.24. The second-order valence-electron chi connectivity index (χ2n) is 3.60. The van der Waals surface area contributed by atoms with Crippen molar-refractivity contribution >= 4 is 11.9 Å². The van der Waals surface area contributed by atoms with Crippen LogP contribution < -0.4 is 5.32 Å². The molecular formula is C13H15NO3. The van der Waals surface area contributed by atoms with E-state index in [2.05, 4.69) is 5.32 Å². The Morgan fingerprint density at radius 3 is 2.47 bits per heavy atom. The Kier molecular flexibility index (Phi) is 4.94. The van der Waals surface area contributed by atoms with Gasteiger partial charge in [-0.05, 0) is 12.5 Å². The number of hydrogen-bond acceptors (Lipinski definition) is 3. The highest BCUT2D eigenvalue weighted by molar-refractivity contribution is 5.84. The molecule has 0 atom stereocenters. The molecule has 0 saturated heterocycles. The average Bonchev–Trinajstić information content (AvgIpc) is 2.26. The summed E-state index contributed by atoms with van der Waals surface area (Å²) in [5, 5.41) is 2.49. The number of rotatable bonds is 4. The molecule has 1 aromatic carbocycles. The van der Waals surface area contributed by atoms with Crippen molar-refractivity contribution in [2.75, 3.05) is 0 Å². The van der Waals surface area contributed by atoms with Gasteiger partial charge in [0.1, 0.15) is 6.61 Å². The summed E-state index contributed by atoms with van der Waals surface area (Å²) in [6.07, 6.45) is 1.25. The van der Waals surface area contributed by atoms with Crippen molar-refractivity contribution in [3.8, 4) is 0 Å². The Labute approximate surface area is 100 Å². The summed E-state index contributed by atoms with van der Waals surface area (Å²) in [5.74, 6) is -0.685. The van der Waals surface area contributed by atoms with Crippen LogP contribution in [0, 0.1) is 0 Å². The van der Waals surface area contributed by atoms with E-state index in [0.717, 1.165) is 5.56 Å². The first kappa shape index (κ1) is 13.0. The quantitative estimate of drug-likeness (QED) is 0.637. The maximum Gasteiger partial charge on any atom is 0.332 e. The van der Waals surface area contributed by atoms with E-state index >= 15 is 0 Å². The molecule has 0 aromatic heterocycles. The number of esters is 1. The van der Waals surface area contributed by atoms with E-state index in [-0.39, 0.29) is 12.5 Å². The van der Waals surface area contributed by atoms with Crippen LogP contribution in [0.5, 0.6) is 0 Å². The summed E-state index contributed by atoms with van der Waals surface area (Å²) in [6, 6.07) is 9.39. The van der Waals surface area contributed by atoms with Crippen molar-refractivity contribution in [2.45, 2.75) is 20.5 Å². The largest absolute Gasteiger partial charge is 0.458 e. The molecular weight excluding hydrogens is 218 g/mol. The van der Waals surface area contributed by atoms with Gasteiger partial charge in [-0.15, -0.1) is 0 Å². The fourth-order valence-electron chi connectivity index (χ4n) is 1.26. The standard InChI is InChI=1S/C13H15NO3/c1-10(14-11(2)15)8-13(16)17-9-12-6-4-3-5-7-12/h3-8H,9H2,1-2H3,(H,14,15). The fourth-order valence-corrected chi connectivity index (χ4v) is 1.26. The lowest BCUT2D eigenvalue weighted by molar-refractivity contribution is -0.139. The molecule has 0 heterocycles. The van der Waals surface area contributed by atoms with Crippen LogP contribution in [0.1, 0.15) is 19.4 Å². The number of ether oxygens (including phenoxy) is 1. The second kappa shape index (κ2) is 6.48. The van der Waals surface area contributed by atoms with Crippen molar-refractivity contribution in [1.82, 2.24) is 5.32 Å². The summed E-state index contributed by atoms with van der Waals surface area (Å²) in [4.78, 5) is 22.1. The molecule has 90 valence electrons. The summed E-state index contributed by atoms with van der Waals surface area (Å²) in [5.41, 5.74) is 1.39. The maximum absolute atomic E-state index is 11.4. The Morgan fingerprint density at radius 1 is 1.24 bits per heavy atom. The molecule has 0 aliphatic heterocycles. The summed E-state index contributed by atoms with van der Waals surface area (Å²) < 4.78 is 5.01. The van der Waals surface area contributed by atoms with Gasteiger partial charge in [0.15, 0.2) is 0 Å². The predicted molar refractivity (Wildman–Crippen MR) is 63.8 cm³/mol. The van der Waals surface area contributed by atoms with Crippen LogP contribution in [0.3, 0.4) is 0 Å². The van der Waals surface area contributed by atoms with E-state index in [0.29, 0.717) is 5.70 Å². The molecule has 0 saturated carbocycles. The normalized spacial score (nSPS) is 10.8. The summed E-state index contributed by atoms with van der Waals surface area (Å²) >= 11 is 0. The molecule has 17 heavy (non-hydrogen) atoms. The molecule has 0 spiro atoms. The monoisotopic (exact) mass is 233 g/mol. The van der Waals surface area contributed by atoms with Gasteiger partial charge >= 0.3 is 5.97 Å². The van der Waals surface area contributed by atoms with E-state index in [1.54, 1.807) is 6.92 Å². The van der Waals surface area contributed by atoms with Crippen molar-refractivity contribution in [3.05, 3.63) is 47.7 Å². The van der Waals surface area contributed by atoms with Crippen molar-refractivity contribution in [1.29, 1.82) is 0 Å². The van der Waals surface area contributed by atoms with Gasteiger partial charge in [-0.3, -0.25) is 4.79 Å². The van der Waals surface area contributed by atoms with Gasteiger partial charge in [-0.1, -0.05) is 30.3 Å². The molecule has 0 radical (unpaired) electrons. The third-order valence-corrected chi connectivity index (χ3v) is 1.93. The van der Waals surface area contributed by atoms with Crippen LogP contribution in [-0.2, 0) is 20.9 Å². The Hall–Kier alpha value is -2.10. The summed E-state index contributed by atoms with van der Waals surface area (Å²) in [7, 11) is 0. The zero-order chi connectivity index (χ0) is 12.7. The molecule has 0 unspecified atom stereocenters. The lowest BCUT2D eigenvalue weighted by atomic mass is 10.2. The molecule has 4 nitrogen and oxygen atoms in total. The molecule has 1 aromatic rings. The SMILES string of the molecule is CC(=O)NC(C)=CC(=O)OCc1ccccc1. The van der Waals surface area contributed by atoms with Crippen LogP contribution in [0.15, 0.2) is 42.1 Å². The van der Waals surface area contributed by atoms with E-state index in [1.165, 1.54) is 13.0 Å². The van der Waals surface area contributed by atoms with Crippen LogP contribution >= 0.6 is 0 Å². The summed E-state index contributed by atoms with van der Waals surface area (Å²) in [6.45, 7) is 3.24. The zero-order valence-electron chi connectivity index (χ0n) is 9.90. The molecule has 0 fully saturated rings. The molecule has 0 aliphatic rings. The number of amides is 1. The third kappa shape index (κ3) is 5.51. The van der Waals surface area contributed by atoms with Gasteiger partial charge in [0.25, 0.3) is 0 Å². The van der Waals surface area contributed by atoms with Gasteiger partial charge in [-0.2, -0.15) is 0 Å². The topological polar surface area (TPSA) is 55.4 Å². The molecule has 0 bridgehead atoms. The van der Waals surface area contributed by atoms with Crippen molar-refractivity contribution in [3.63, 3.8) is 0 Å². The van der Waals surface area contributed by atoms with E-state index in [9.17, 15) is 9.59 Å². The van der Waals surface area contributed by atoms with Crippen molar-refractivity contribution < 1.29 is 14.3 Å². The number of benzene rings is 1. The van der Waals surface area contributed by atoms with Crippen LogP contribution in [0.25, 0.3) is 0 Å². The highest BCUT2D eigenvalue weighted by Gasteiger charge is 2.01. The van der Waals surface area contributed by atoms with E-state index < -0.39 is 5.97 Å². The smallest absolute Gasteiger partial charge is 0.332 e. The maximum atomic E-state index is 11.4. The Bertz CT molecular complexity index is 424. The highest BCUT2D eigenvalue weighted by Crippen LogP contribution is 2.01. The third-order valence-electron chi connectivity index (χ3n) is 1.93. The minimum Gasteiger partial charge on any atom is -0.458 e. The number of carbonyl (C=O) groups excluding carboxylic acids is 2. The number of allylic oxidation sites excluding steroid dienone is 1. The molecule has 1 N–H and O–H groups in total. The number of hydrogen-bond donors (Lipinski definition) is 1. The highest BCUT2D eigenvalue weighted by atomic mass is 16.5. The minimum atomic E-state index is -0.472. The van der Waals surface area contributed by atoms with Crippen molar-refractivity contribution in [2.24, 2.45) is 0 Å². The Morgan fingerprint density at radius 2 is 1.88 bits per heavy atom. The first-order valence-electron chi connectivity index (χ1n) is 5.24. The van der Waals surface area contributed by atoms with E-state index in [4.69, 9.17) is 4.74 Å². The lowest BCUT2D eigenvalue weighted by Crippen LogP contribution is -2.18. The zero-order valence-corrected chi connectivity index (χ0v) is 9.90. The van der Waals surface area contributed by atoms with Gasteiger partial charge in [0.05, 0.1) is 0 Å². The Balaban J connectivity index is 2.43. The molecule has 4 heteroatoms. The molecule has 1 rings (SSSR count). The fraction of sp³-hybridized carbons (Fsp3) is 0.231. The molecule has 0 aliphatic carbocycles. The van der Waals surface area contributed by atoms with E-state index in [1.807, 2.05) is 30.3 Å². The van der Waals surface area contributed by atoms with Gasteiger partial charge in [0, 0.05) is 18.7 Å². The lowest BCUT2D eigenvalue weighted by Gasteiger charge is -2.03. The molecule has 1 amide bonds. The van der Waals surface area contributed by atoms with Crippen LogP contribution in [-0.4, -0.2) is 11.9 Å². The van der Waals surface area contributed by atoms with Crippen LogP contribution in [0.4, 0.5) is 0 Å². The van der Waals surface area contributed by atoms with Crippen LogP contribution in [0.2, 0.25) is 0 Å². The van der Waals surface area contributed by atoms with Gasteiger partial charge < -0.3 is 10.1 Å². The second-order valence-corrected chi connectivity index (χ2v) is 3.60. The number of carbonyl (C=O) groups is 2. The first-order chi connectivity index (χ1) is 8.08. The minimum absolute atomic E-state index is 0.213. The number of nitrogens with one attached hydrogen (secondary N) is 1.